The third kappa shape index (κ3) is 3.95. The maximum Gasteiger partial charge on any atom is 0.332 e. The number of likely N-dealkylation sites (N-methyl/N-ethyl adjacent to an activating group) is 1. The lowest BCUT2D eigenvalue weighted by atomic mass is 10.1. The van der Waals surface area contributed by atoms with Gasteiger partial charge in [0.1, 0.15) is 0 Å². The second-order valence-electron chi connectivity index (χ2n) is 4.41. The largest absolute Gasteiger partial charge is 0.464 e. The van der Waals surface area contributed by atoms with Crippen molar-refractivity contribution in [2.75, 3.05) is 13.7 Å². The fourth-order valence-electron chi connectivity index (χ4n) is 1.71. The van der Waals surface area contributed by atoms with E-state index in [1.807, 2.05) is 19.1 Å². The molecule has 0 radical (unpaired) electrons. The Labute approximate surface area is 123 Å². The number of rotatable bonds is 5. The van der Waals surface area contributed by atoms with Crippen molar-refractivity contribution in [2.45, 2.75) is 25.9 Å². The number of amides is 1. The number of hydrogen-bond acceptors (Lipinski definition) is 4. The molecule has 0 heterocycles. The van der Waals surface area contributed by atoms with Gasteiger partial charge in [-0.25, -0.2) is 4.79 Å². The predicted octanol–water partition coefficient (Wildman–Crippen LogP) is 1.75. The fraction of sp³-hybridized carbons (Fsp3) is 0.429. The minimum atomic E-state index is -1.30. The zero-order valence-electron chi connectivity index (χ0n) is 11.8. The zero-order valence-corrected chi connectivity index (χ0v) is 12.6. The van der Waals surface area contributed by atoms with Gasteiger partial charge in [-0.15, -0.1) is 0 Å². The second-order valence-corrected chi connectivity index (χ2v) is 4.84. The first-order chi connectivity index (χ1) is 9.38. The highest BCUT2D eigenvalue weighted by Gasteiger charge is 2.29. The van der Waals surface area contributed by atoms with Gasteiger partial charge in [0.2, 0.25) is 0 Å². The lowest BCUT2D eigenvalue weighted by Gasteiger charge is -2.27. The van der Waals surface area contributed by atoms with Crippen molar-refractivity contribution in [1.82, 2.24) is 4.90 Å². The molecule has 0 saturated carbocycles. The minimum absolute atomic E-state index is 0.191. The summed E-state index contributed by atoms with van der Waals surface area (Å²) in [6.45, 7) is 3.70. The lowest BCUT2D eigenvalue weighted by Crippen LogP contribution is -2.48. The highest BCUT2D eigenvalue weighted by Crippen LogP contribution is 2.21. The van der Waals surface area contributed by atoms with Crippen molar-refractivity contribution in [1.29, 1.82) is 0 Å². The van der Waals surface area contributed by atoms with Crippen molar-refractivity contribution >= 4 is 23.5 Å². The third-order valence-corrected chi connectivity index (χ3v) is 3.34. The summed E-state index contributed by atoms with van der Waals surface area (Å²) in [5.74, 6) is -1.20. The first-order valence-corrected chi connectivity index (χ1v) is 6.70. The summed E-state index contributed by atoms with van der Waals surface area (Å²) < 4.78 is 4.75. The van der Waals surface area contributed by atoms with Crippen LogP contribution in [0.4, 0.5) is 0 Å². The molecule has 0 bridgehead atoms. The molecule has 0 saturated heterocycles. The molecule has 0 aliphatic carbocycles. The fourth-order valence-corrected chi connectivity index (χ4v) is 1.83. The molecule has 1 aromatic rings. The van der Waals surface area contributed by atoms with Crippen molar-refractivity contribution in [3.8, 4) is 0 Å². The molecule has 20 heavy (non-hydrogen) atoms. The summed E-state index contributed by atoms with van der Waals surface area (Å²) in [6.07, 6.45) is 0. The van der Waals surface area contributed by atoms with E-state index in [1.165, 1.54) is 4.90 Å². The van der Waals surface area contributed by atoms with E-state index in [0.29, 0.717) is 5.02 Å². The molecule has 2 N–H and O–H groups in total. The third-order valence-electron chi connectivity index (χ3n) is 3.09. The number of nitrogens with two attached hydrogens (primary N) is 1. The summed E-state index contributed by atoms with van der Waals surface area (Å²) in [6, 6.07) is 5.63. The van der Waals surface area contributed by atoms with Gasteiger partial charge < -0.3 is 15.4 Å². The maximum absolute atomic E-state index is 12.1. The number of carbonyl (C=O) groups is 2. The van der Waals surface area contributed by atoms with Gasteiger partial charge >= 0.3 is 5.97 Å². The van der Waals surface area contributed by atoms with Gasteiger partial charge in [-0.3, -0.25) is 4.79 Å². The monoisotopic (exact) mass is 298 g/mol. The van der Waals surface area contributed by atoms with E-state index in [0.717, 1.165) is 5.56 Å². The number of hydrogen-bond donors (Lipinski definition) is 1. The lowest BCUT2D eigenvalue weighted by molar-refractivity contribution is -0.151. The summed E-state index contributed by atoms with van der Waals surface area (Å²) in [5.41, 5.74) is 6.50. The van der Waals surface area contributed by atoms with Crippen molar-refractivity contribution in [3.63, 3.8) is 0 Å². The Morgan fingerprint density at radius 1 is 1.35 bits per heavy atom. The van der Waals surface area contributed by atoms with Crippen molar-refractivity contribution in [3.05, 3.63) is 34.9 Å². The van der Waals surface area contributed by atoms with Crippen LogP contribution in [-0.2, 0) is 14.3 Å². The molecule has 1 aromatic carbocycles. The van der Waals surface area contributed by atoms with Gasteiger partial charge in [-0.1, -0.05) is 23.7 Å². The Balaban J connectivity index is 2.77. The SMILES string of the molecule is CCOC(=O)C(N)C(=O)N(C)C(C)c1ccc(Cl)cc1. The van der Waals surface area contributed by atoms with E-state index in [1.54, 1.807) is 26.1 Å². The Morgan fingerprint density at radius 3 is 2.40 bits per heavy atom. The van der Waals surface area contributed by atoms with E-state index in [2.05, 4.69) is 0 Å². The van der Waals surface area contributed by atoms with E-state index in [-0.39, 0.29) is 12.6 Å². The number of esters is 1. The standard InChI is InChI=1S/C14H19ClN2O3/c1-4-20-14(19)12(16)13(18)17(3)9(2)10-5-7-11(15)8-6-10/h5-9,12H,4,16H2,1-3H3. The van der Waals surface area contributed by atoms with Gasteiger partial charge in [0.25, 0.3) is 5.91 Å². The van der Waals surface area contributed by atoms with Crippen LogP contribution >= 0.6 is 11.6 Å². The molecule has 5 nitrogen and oxygen atoms in total. The predicted molar refractivity (Wildman–Crippen MR) is 77.2 cm³/mol. The average Bonchev–Trinajstić information content (AvgIpc) is 2.45. The summed E-state index contributed by atoms with van der Waals surface area (Å²) in [4.78, 5) is 25.0. The Kier molecular flexibility index (Phi) is 5.98. The van der Waals surface area contributed by atoms with Gasteiger partial charge in [0, 0.05) is 12.1 Å². The number of benzene rings is 1. The molecule has 1 rings (SSSR count). The molecule has 110 valence electrons. The Morgan fingerprint density at radius 2 is 1.90 bits per heavy atom. The summed E-state index contributed by atoms with van der Waals surface area (Å²) in [7, 11) is 1.60. The number of carbonyl (C=O) groups excluding carboxylic acids is 2. The van der Waals surface area contributed by atoms with Crippen LogP contribution < -0.4 is 5.73 Å². The average molecular weight is 299 g/mol. The van der Waals surface area contributed by atoms with Gasteiger partial charge in [0.05, 0.1) is 12.6 Å². The topological polar surface area (TPSA) is 72.6 Å². The van der Waals surface area contributed by atoms with Crippen LogP contribution in [0.5, 0.6) is 0 Å². The van der Waals surface area contributed by atoms with E-state index < -0.39 is 17.9 Å². The van der Waals surface area contributed by atoms with Gasteiger partial charge in [-0.2, -0.15) is 0 Å². The van der Waals surface area contributed by atoms with Crippen LogP contribution in [0, 0.1) is 0 Å². The van der Waals surface area contributed by atoms with E-state index >= 15 is 0 Å². The highest BCUT2D eigenvalue weighted by molar-refractivity contribution is 6.30. The number of halogens is 1. The minimum Gasteiger partial charge on any atom is -0.464 e. The first-order valence-electron chi connectivity index (χ1n) is 6.32. The van der Waals surface area contributed by atoms with Crippen molar-refractivity contribution in [2.24, 2.45) is 5.73 Å². The van der Waals surface area contributed by atoms with Crippen LogP contribution in [0.1, 0.15) is 25.5 Å². The molecule has 0 spiro atoms. The van der Waals surface area contributed by atoms with Gasteiger partial charge in [-0.05, 0) is 31.5 Å². The van der Waals surface area contributed by atoms with Gasteiger partial charge in [0.15, 0.2) is 6.04 Å². The quantitative estimate of drug-likeness (QED) is 0.664. The molecule has 6 heteroatoms. The van der Waals surface area contributed by atoms with Crippen LogP contribution in [0.2, 0.25) is 5.02 Å². The van der Waals surface area contributed by atoms with E-state index in [9.17, 15) is 9.59 Å². The maximum atomic E-state index is 12.1. The van der Waals surface area contributed by atoms with Crippen molar-refractivity contribution < 1.29 is 14.3 Å². The normalized spacial score (nSPS) is 13.4. The summed E-state index contributed by atoms with van der Waals surface area (Å²) in [5, 5.41) is 0.623. The molecule has 0 fully saturated rings. The molecular formula is C14H19ClN2O3. The van der Waals surface area contributed by atoms with Crippen LogP contribution in [0.25, 0.3) is 0 Å². The molecular weight excluding hydrogens is 280 g/mol. The first kappa shape index (κ1) is 16.5. The van der Waals surface area contributed by atoms with Crippen LogP contribution in [-0.4, -0.2) is 36.5 Å². The molecule has 1 amide bonds. The molecule has 0 aromatic heterocycles. The Bertz CT molecular complexity index is 476. The molecule has 0 aliphatic rings. The number of nitrogens with zero attached hydrogens (tertiary/aromatic N) is 1. The Hall–Kier alpha value is -1.59. The second kappa shape index (κ2) is 7.26. The van der Waals surface area contributed by atoms with Crippen LogP contribution in [0.3, 0.4) is 0 Å². The smallest absolute Gasteiger partial charge is 0.332 e. The molecule has 2 atom stereocenters. The molecule has 0 aliphatic heterocycles. The van der Waals surface area contributed by atoms with E-state index in [4.69, 9.17) is 22.1 Å². The molecule has 2 unspecified atom stereocenters. The highest BCUT2D eigenvalue weighted by atomic mass is 35.5. The zero-order chi connectivity index (χ0) is 15.3. The van der Waals surface area contributed by atoms with Crippen LogP contribution in [0.15, 0.2) is 24.3 Å². The number of ether oxygens (including phenoxy) is 1. The summed E-state index contributed by atoms with van der Waals surface area (Å²) >= 11 is 5.82.